The number of nitrogens with zero attached hydrogens (tertiary/aromatic N) is 2. The molecule has 6 heteroatoms. The van der Waals surface area contributed by atoms with E-state index >= 15 is 0 Å². The van der Waals surface area contributed by atoms with Crippen LogP contribution in [0.3, 0.4) is 0 Å². The number of benzene rings is 1. The third kappa shape index (κ3) is 1.85. The first kappa shape index (κ1) is 16.0. The monoisotopic (exact) mass is 340 g/mol. The number of carbonyl (C=O) groups excluding carboxylic acids is 2. The van der Waals surface area contributed by atoms with Gasteiger partial charge in [-0.15, -0.1) is 0 Å². The summed E-state index contributed by atoms with van der Waals surface area (Å²) in [6.07, 6.45) is 5.01. The molecule has 1 heterocycles. The van der Waals surface area contributed by atoms with Crippen LogP contribution in [-0.4, -0.2) is 16.7 Å². The molecule has 0 spiro atoms. The van der Waals surface area contributed by atoms with E-state index in [1.54, 1.807) is 27.7 Å². The minimum absolute atomic E-state index is 0.0692. The fourth-order valence-corrected chi connectivity index (χ4v) is 5.00. The predicted octanol–water partition coefficient (Wildman–Crippen LogP) is 3.14. The molecule has 2 bridgehead atoms. The van der Waals surface area contributed by atoms with E-state index < -0.39 is 0 Å². The summed E-state index contributed by atoms with van der Waals surface area (Å²) < 4.78 is 0. The number of allylic oxidation sites excluding steroid dienone is 2. The minimum Gasteiger partial charge on any atom is -0.274 e. The van der Waals surface area contributed by atoms with Gasteiger partial charge in [0.05, 0.1) is 22.4 Å². The number of imide groups is 1. The van der Waals surface area contributed by atoms with Gasteiger partial charge in [-0.05, 0) is 57.1 Å². The van der Waals surface area contributed by atoms with Gasteiger partial charge < -0.3 is 0 Å². The Bertz CT molecular complexity index is 827. The van der Waals surface area contributed by atoms with Crippen LogP contribution in [0.25, 0.3) is 0 Å². The average Bonchev–Trinajstić information content (AvgIpc) is 3.22. The fraction of sp³-hybridized carbons (Fsp3) is 0.474. The number of anilines is 1. The lowest BCUT2D eigenvalue weighted by Crippen LogP contribution is -2.34. The Morgan fingerprint density at radius 1 is 0.920 bits per heavy atom. The molecule has 25 heavy (non-hydrogen) atoms. The second kappa shape index (κ2) is 5.00. The first-order valence-corrected chi connectivity index (χ1v) is 8.56. The van der Waals surface area contributed by atoms with Crippen LogP contribution in [0.4, 0.5) is 11.4 Å². The van der Waals surface area contributed by atoms with E-state index in [1.165, 1.54) is 4.90 Å². The van der Waals surface area contributed by atoms with E-state index in [0.29, 0.717) is 27.9 Å². The summed E-state index contributed by atoms with van der Waals surface area (Å²) >= 11 is 0. The first-order valence-electron chi connectivity index (χ1n) is 8.56. The van der Waals surface area contributed by atoms with Crippen molar-refractivity contribution in [3.05, 3.63) is 44.5 Å². The Labute approximate surface area is 145 Å². The topological polar surface area (TPSA) is 80.5 Å². The number of nitro groups is 1. The van der Waals surface area contributed by atoms with E-state index in [-0.39, 0.29) is 46.1 Å². The molecule has 1 aliphatic heterocycles. The van der Waals surface area contributed by atoms with Crippen molar-refractivity contribution in [2.24, 2.45) is 23.7 Å². The first-order chi connectivity index (χ1) is 11.8. The molecule has 2 fully saturated rings. The maximum absolute atomic E-state index is 13.1. The second-order valence-electron chi connectivity index (χ2n) is 7.47. The Morgan fingerprint density at radius 2 is 1.36 bits per heavy atom. The zero-order valence-electron chi connectivity index (χ0n) is 14.7. The lowest BCUT2D eigenvalue weighted by molar-refractivity contribution is -0.386. The summed E-state index contributed by atoms with van der Waals surface area (Å²) in [6, 6.07) is 0. The smallest absolute Gasteiger partial charge is 0.274 e. The van der Waals surface area contributed by atoms with Crippen molar-refractivity contribution < 1.29 is 14.5 Å². The molecule has 1 saturated heterocycles. The van der Waals surface area contributed by atoms with Crippen LogP contribution in [-0.2, 0) is 9.59 Å². The van der Waals surface area contributed by atoms with Gasteiger partial charge in [0.2, 0.25) is 11.8 Å². The number of amides is 2. The lowest BCUT2D eigenvalue weighted by atomic mass is 9.85. The van der Waals surface area contributed by atoms with Gasteiger partial charge in [0.25, 0.3) is 5.69 Å². The average molecular weight is 340 g/mol. The number of rotatable bonds is 2. The maximum Gasteiger partial charge on any atom is 0.275 e. The van der Waals surface area contributed by atoms with Gasteiger partial charge in [-0.3, -0.25) is 19.7 Å². The molecule has 3 aliphatic rings. The van der Waals surface area contributed by atoms with E-state index in [0.717, 1.165) is 6.42 Å². The molecule has 6 nitrogen and oxygen atoms in total. The zero-order chi connectivity index (χ0) is 18.2. The zero-order valence-corrected chi connectivity index (χ0v) is 14.7. The molecule has 1 aromatic rings. The van der Waals surface area contributed by atoms with Crippen molar-refractivity contribution in [1.29, 1.82) is 0 Å². The summed E-state index contributed by atoms with van der Waals surface area (Å²) in [5.41, 5.74) is 2.92. The highest BCUT2D eigenvalue weighted by Crippen LogP contribution is 2.54. The molecule has 0 N–H and O–H groups in total. The number of hydrogen-bond donors (Lipinski definition) is 0. The van der Waals surface area contributed by atoms with Crippen LogP contribution in [0.15, 0.2) is 12.2 Å². The maximum atomic E-state index is 13.1. The molecule has 2 amide bonds. The van der Waals surface area contributed by atoms with Gasteiger partial charge in [-0.2, -0.15) is 0 Å². The highest BCUT2D eigenvalue weighted by atomic mass is 16.6. The standard InChI is InChI=1S/C19H20N2O4/c1-8-10(3)17(21(24)25)11(4)9(2)16(8)20-18(22)14-12-5-6-13(7-12)15(14)19(20)23/h5-6,12-15H,7H2,1-4H3. The van der Waals surface area contributed by atoms with E-state index in [2.05, 4.69) is 12.2 Å². The largest absolute Gasteiger partial charge is 0.275 e. The summed E-state index contributed by atoms with van der Waals surface area (Å²) in [5, 5.41) is 11.4. The van der Waals surface area contributed by atoms with Gasteiger partial charge in [-0.1, -0.05) is 12.2 Å². The van der Waals surface area contributed by atoms with E-state index in [9.17, 15) is 19.7 Å². The Morgan fingerprint density at radius 3 is 1.76 bits per heavy atom. The number of carbonyl (C=O) groups is 2. The normalized spacial score (nSPS) is 29.7. The van der Waals surface area contributed by atoms with Gasteiger partial charge in [-0.25, -0.2) is 4.90 Å². The molecule has 4 atom stereocenters. The SMILES string of the molecule is Cc1c(C)c([N+](=O)[O-])c(C)c(C)c1N1C(=O)C2C3C=CC(C3)C2C1=O. The van der Waals surface area contributed by atoms with Crippen LogP contribution in [0.1, 0.15) is 28.7 Å². The number of nitro benzene ring substituents is 1. The molecule has 0 radical (unpaired) electrons. The molecular weight excluding hydrogens is 320 g/mol. The summed E-state index contributed by atoms with van der Waals surface area (Å²) in [5.74, 6) is -0.528. The van der Waals surface area contributed by atoms with Crippen LogP contribution in [0.5, 0.6) is 0 Å². The Kier molecular flexibility index (Phi) is 3.20. The predicted molar refractivity (Wildman–Crippen MR) is 92.3 cm³/mol. The van der Waals surface area contributed by atoms with Crippen molar-refractivity contribution >= 4 is 23.2 Å². The van der Waals surface area contributed by atoms with Crippen molar-refractivity contribution in [3.8, 4) is 0 Å². The highest BCUT2D eigenvalue weighted by molar-refractivity contribution is 6.23. The molecule has 2 aliphatic carbocycles. The van der Waals surface area contributed by atoms with Gasteiger partial charge in [0.1, 0.15) is 0 Å². The van der Waals surface area contributed by atoms with Crippen LogP contribution in [0.2, 0.25) is 0 Å². The molecule has 1 aromatic carbocycles. The molecule has 4 unspecified atom stereocenters. The van der Waals surface area contributed by atoms with Crippen molar-refractivity contribution in [2.75, 3.05) is 4.90 Å². The summed E-state index contributed by atoms with van der Waals surface area (Å²) in [4.78, 5) is 38.5. The lowest BCUT2D eigenvalue weighted by Gasteiger charge is -2.24. The van der Waals surface area contributed by atoms with Crippen LogP contribution in [0, 0.1) is 61.5 Å². The Balaban J connectivity index is 1.88. The molecule has 130 valence electrons. The molecule has 0 aromatic heterocycles. The Hall–Kier alpha value is -2.50. The van der Waals surface area contributed by atoms with Gasteiger partial charge in [0.15, 0.2) is 0 Å². The highest BCUT2D eigenvalue weighted by Gasteiger charge is 2.60. The van der Waals surface area contributed by atoms with Crippen molar-refractivity contribution in [3.63, 3.8) is 0 Å². The third-order valence-corrected chi connectivity index (χ3v) is 6.42. The molecule has 4 rings (SSSR count). The second-order valence-corrected chi connectivity index (χ2v) is 7.47. The summed E-state index contributed by atoms with van der Waals surface area (Å²) in [7, 11) is 0. The van der Waals surface area contributed by atoms with E-state index in [4.69, 9.17) is 0 Å². The quantitative estimate of drug-likeness (QED) is 0.358. The van der Waals surface area contributed by atoms with Crippen molar-refractivity contribution in [2.45, 2.75) is 34.1 Å². The van der Waals surface area contributed by atoms with Gasteiger partial charge in [0, 0.05) is 11.1 Å². The van der Waals surface area contributed by atoms with Gasteiger partial charge >= 0.3 is 0 Å². The number of hydrogen-bond acceptors (Lipinski definition) is 4. The third-order valence-electron chi connectivity index (χ3n) is 6.42. The summed E-state index contributed by atoms with van der Waals surface area (Å²) in [6.45, 7) is 6.87. The van der Waals surface area contributed by atoms with Crippen LogP contribution < -0.4 is 4.90 Å². The van der Waals surface area contributed by atoms with E-state index in [1.807, 2.05) is 0 Å². The van der Waals surface area contributed by atoms with Crippen LogP contribution >= 0.6 is 0 Å². The molecular formula is C19H20N2O4. The molecule has 1 saturated carbocycles. The van der Waals surface area contributed by atoms with Crippen molar-refractivity contribution in [1.82, 2.24) is 0 Å². The number of fused-ring (bicyclic) bond motifs is 5. The minimum atomic E-state index is -0.388. The fourth-order valence-electron chi connectivity index (χ4n) is 5.00.